The summed E-state index contributed by atoms with van der Waals surface area (Å²) in [5.74, 6) is 0.136. The Kier molecular flexibility index (Phi) is 4.44. The molecule has 0 spiro atoms. The van der Waals surface area contributed by atoms with E-state index in [2.05, 4.69) is 4.99 Å². The van der Waals surface area contributed by atoms with Crippen LogP contribution in [0.3, 0.4) is 0 Å². The van der Waals surface area contributed by atoms with E-state index in [9.17, 15) is 15.0 Å². The van der Waals surface area contributed by atoms with E-state index < -0.39 is 0 Å². The SMILES string of the molecule is O=C=NCCCCCn1c(O)ccc1O. The van der Waals surface area contributed by atoms with Crippen LogP contribution in [0.2, 0.25) is 0 Å². The Balaban J connectivity index is 2.23. The van der Waals surface area contributed by atoms with Crippen LogP contribution in [0, 0.1) is 0 Å². The van der Waals surface area contributed by atoms with Gasteiger partial charge < -0.3 is 10.2 Å². The van der Waals surface area contributed by atoms with Gasteiger partial charge in [0.05, 0.1) is 6.54 Å². The third-order valence-corrected chi connectivity index (χ3v) is 2.15. The molecule has 5 heteroatoms. The smallest absolute Gasteiger partial charge is 0.234 e. The van der Waals surface area contributed by atoms with Crippen molar-refractivity contribution in [2.45, 2.75) is 25.8 Å². The number of isocyanates is 1. The molecule has 1 heterocycles. The molecule has 0 unspecified atom stereocenters. The maximum atomic E-state index is 9.75. The summed E-state index contributed by atoms with van der Waals surface area (Å²) in [6, 6.07) is 2.90. The lowest BCUT2D eigenvalue weighted by Gasteiger charge is -2.05. The summed E-state index contributed by atoms with van der Waals surface area (Å²) in [7, 11) is 0. The molecule has 5 nitrogen and oxygen atoms in total. The normalized spacial score (nSPS) is 9.87. The monoisotopic (exact) mass is 210 g/mol. The minimum absolute atomic E-state index is 0.0680. The van der Waals surface area contributed by atoms with Crippen molar-refractivity contribution in [3.63, 3.8) is 0 Å². The molecule has 0 saturated heterocycles. The van der Waals surface area contributed by atoms with E-state index in [4.69, 9.17) is 0 Å². The molecule has 0 aliphatic heterocycles. The summed E-state index contributed by atoms with van der Waals surface area (Å²) in [4.78, 5) is 13.2. The Bertz CT molecular complexity index is 334. The van der Waals surface area contributed by atoms with Crippen molar-refractivity contribution in [3.8, 4) is 11.8 Å². The zero-order valence-corrected chi connectivity index (χ0v) is 8.39. The molecule has 0 radical (unpaired) electrons. The maximum absolute atomic E-state index is 9.75. The summed E-state index contributed by atoms with van der Waals surface area (Å²) >= 11 is 0. The lowest BCUT2D eigenvalue weighted by molar-refractivity contribution is 0.362. The number of rotatable bonds is 6. The van der Waals surface area contributed by atoms with Gasteiger partial charge in [0.2, 0.25) is 6.08 Å². The summed E-state index contributed by atoms with van der Waals surface area (Å²) in [5.41, 5.74) is 0. The molecule has 0 saturated carbocycles. The molecular formula is C10H14N2O3. The van der Waals surface area contributed by atoms with Crippen LogP contribution in [-0.4, -0.2) is 27.4 Å². The van der Waals surface area contributed by atoms with E-state index in [1.54, 1.807) is 0 Å². The van der Waals surface area contributed by atoms with Crippen LogP contribution < -0.4 is 0 Å². The quantitative estimate of drug-likeness (QED) is 0.423. The fourth-order valence-corrected chi connectivity index (χ4v) is 1.36. The Morgan fingerprint density at radius 2 is 1.87 bits per heavy atom. The molecule has 1 aromatic rings. The summed E-state index contributed by atoms with van der Waals surface area (Å²) in [6.45, 7) is 1.06. The van der Waals surface area contributed by atoms with Gasteiger partial charge in [-0.2, -0.15) is 0 Å². The summed E-state index contributed by atoms with van der Waals surface area (Å²) in [6.07, 6.45) is 4.01. The van der Waals surface area contributed by atoms with Crippen molar-refractivity contribution < 1.29 is 15.0 Å². The standard InChI is InChI=1S/C10H14N2O3/c13-8-11-6-2-1-3-7-12-9(14)4-5-10(12)15/h4-5,14-15H,1-3,6-7H2. The molecule has 0 aromatic carbocycles. The number of aromatic nitrogens is 1. The first-order valence-corrected chi connectivity index (χ1v) is 4.87. The van der Waals surface area contributed by atoms with Crippen molar-refractivity contribution in [2.24, 2.45) is 4.99 Å². The number of hydrogen-bond donors (Lipinski definition) is 2. The van der Waals surface area contributed by atoms with Crippen LogP contribution in [0.5, 0.6) is 11.8 Å². The van der Waals surface area contributed by atoms with Gasteiger partial charge in [0.25, 0.3) is 0 Å². The zero-order chi connectivity index (χ0) is 11.1. The molecule has 2 N–H and O–H groups in total. The molecule has 0 atom stereocenters. The highest BCUT2D eigenvalue weighted by atomic mass is 16.3. The maximum Gasteiger partial charge on any atom is 0.234 e. The Hall–Kier alpha value is -1.74. The molecule has 1 aromatic heterocycles. The van der Waals surface area contributed by atoms with Gasteiger partial charge in [-0.25, -0.2) is 9.79 Å². The minimum Gasteiger partial charge on any atom is -0.494 e. The summed E-state index contributed by atoms with van der Waals surface area (Å²) < 4.78 is 1.43. The zero-order valence-electron chi connectivity index (χ0n) is 8.39. The molecule has 82 valence electrons. The highest BCUT2D eigenvalue weighted by molar-refractivity contribution is 5.32. The van der Waals surface area contributed by atoms with E-state index in [-0.39, 0.29) is 11.8 Å². The van der Waals surface area contributed by atoms with E-state index in [0.717, 1.165) is 19.3 Å². The van der Waals surface area contributed by atoms with E-state index in [0.29, 0.717) is 13.1 Å². The first-order valence-electron chi connectivity index (χ1n) is 4.87. The second-order valence-electron chi connectivity index (χ2n) is 3.24. The Labute approximate surface area is 87.7 Å². The second-order valence-corrected chi connectivity index (χ2v) is 3.24. The van der Waals surface area contributed by atoms with E-state index >= 15 is 0 Å². The van der Waals surface area contributed by atoms with E-state index in [1.807, 2.05) is 0 Å². The highest BCUT2D eigenvalue weighted by Gasteiger charge is 2.04. The van der Waals surface area contributed by atoms with Crippen molar-refractivity contribution >= 4 is 6.08 Å². The predicted molar refractivity (Wildman–Crippen MR) is 54.6 cm³/mol. The Morgan fingerprint density at radius 1 is 1.20 bits per heavy atom. The highest BCUT2D eigenvalue weighted by Crippen LogP contribution is 2.21. The molecule has 1 rings (SSSR count). The van der Waals surface area contributed by atoms with Gasteiger partial charge in [-0.1, -0.05) is 0 Å². The summed E-state index contributed by atoms with van der Waals surface area (Å²) in [5, 5.41) is 18.6. The molecule has 0 aliphatic carbocycles. The van der Waals surface area contributed by atoms with Crippen molar-refractivity contribution in [1.82, 2.24) is 4.57 Å². The number of carbonyl (C=O) groups excluding carboxylic acids is 1. The number of aliphatic imine (C=N–C) groups is 1. The third kappa shape index (κ3) is 3.48. The van der Waals surface area contributed by atoms with Gasteiger partial charge in [-0.15, -0.1) is 0 Å². The third-order valence-electron chi connectivity index (χ3n) is 2.15. The van der Waals surface area contributed by atoms with Crippen LogP contribution in [0.25, 0.3) is 0 Å². The van der Waals surface area contributed by atoms with Gasteiger partial charge >= 0.3 is 0 Å². The average Bonchev–Trinajstić information content (AvgIpc) is 2.54. The lowest BCUT2D eigenvalue weighted by atomic mass is 10.2. The molecule has 0 aliphatic rings. The predicted octanol–water partition coefficient (Wildman–Crippen LogP) is 1.41. The molecule has 0 fully saturated rings. The first-order chi connectivity index (χ1) is 7.25. The van der Waals surface area contributed by atoms with Crippen molar-refractivity contribution in [2.75, 3.05) is 6.54 Å². The fraction of sp³-hybridized carbons (Fsp3) is 0.500. The van der Waals surface area contributed by atoms with Crippen LogP contribution in [0.15, 0.2) is 17.1 Å². The number of unbranched alkanes of at least 4 members (excludes halogenated alkanes) is 2. The Morgan fingerprint density at radius 3 is 2.47 bits per heavy atom. The average molecular weight is 210 g/mol. The van der Waals surface area contributed by atoms with Crippen LogP contribution >= 0.6 is 0 Å². The van der Waals surface area contributed by atoms with Gasteiger partial charge in [0.15, 0.2) is 11.8 Å². The second kappa shape index (κ2) is 5.88. The topological polar surface area (TPSA) is 74.8 Å². The molecule has 15 heavy (non-hydrogen) atoms. The number of hydrogen-bond acceptors (Lipinski definition) is 4. The number of aromatic hydroxyl groups is 2. The number of nitrogens with zero attached hydrogens (tertiary/aromatic N) is 2. The van der Waals surface area contributed by atoms with Gasteiger partial charge in [-0.05, 0) is 19.3 Å². The molecular weight excluding hydrogens is 196 g/mol. The van der Waals surface area contributed by atoms with Gasteiger partial charge in [0.1, 0.15) is 0 Å². The van der Waals surface area contributed by atoms with Gasteiger partial charge in [-0.3, -0.25) is 4.57 Å². The van der Waals surface area contributed by atoms with Gasteiger partial charge in [0, 0.05) is 18.7 Å². The van der Waals surface area contributed by atoms with Crippen LogP contribution in [-0.2, 0) is 11.3 Å². The van der Waals surface area contributed by atoms with Crippen molar-refractivity contribution in [3.05, 3.63) is 12.1 Å². The van der Waals surface area contributed by atoms with Crippen LogP contribution in [0.4, 0.5) is 0 Å². The molecule has 0 bridgehead atoms. The minimum atomic E-state index is 0.0680. The van der Waals surface area contributed by atoms with E-state index in [1.165, 1.54) is 22.8 Å². The largest absolute Gasteiger partial charge is 0.494 e. The first kappa shape index (κ1) is 11.3. The fourth-order valence-electron chi connectivity index (χ4n) is 1.36. The van der Waals surface area contributed by atoms with Crippen LogP contribution in [0.1, 0.15) is 19.3 Å². The van der Waals surface area contributed by atoms with Crippen molar-refractivity contribution in [1.29, 1.82) is 0 Å². The lowest BCUT2D eigenvalue weighted by Crippen LogP contribution is -1.96. The molecule has 0 amide bonds.